The number of amides is 2. The van der Waals surface area contributed by atoms with Crippen molar-refractivity contribution in [3.8, 4) is 5.75 Å². The summed E-state index contributed by atoms with van der Waals surface area (Å²) in [6, 6.07) is 17.5. The van der Waals surface area contributed by atoms with Gasteiger partial charge in [-0.2, -0.15) is 0 Å². The number of anilines is 1. The predicted molar refractivity (Wildman–Crippen MR) is 104 cm³/mol. The molecule has 0 spiro atoms. The Morgan fingerprint density at radius 2 is 1.85 bits per heavy atom. The molecule has 2 amide bonds. The summed E-state index contributed by atoms with van der Waals surface area (Å²) in [6.45, 7) is 0.752. The number of hydrogen-bond donors (Lipinski definition) is 1. The van der Waals surface area contributed by atoms with Crippen LogP contribution in [0.15, 0.2) is 54.6 Å². The van der Waals surface area contributed by atoms with Gasteiger partial charge >= 0.3 is 0 Å². The highest BCUT2D eigenvalue weighted by molar-refractivity contribution is 5.95. The Labute approximate surface area is 159 Å². The number of nitrogens with zero attached hydrogens (tertiary/aromatic N) is 1. The van der Waals surface area contributed by atoms with Crippen molar-refractivity contribution in [2.45, 2.75) is 31.7 Å². The van der Waals surface area contributed by atoms with Gasteiger partial charge in [0, 0.05) is 18.7 Å². The SMILES string of the molecule is O=C(COc1ccc(N2CCCC2=O)cc1)NC(c1ccccc1)C1CC1. The van der Waals surface area contributed by atoms with Crippen LogP contribution in [0.1, 0.15) is 37.3 Å². The second-order valence-electron chi connectivity index (χ2n) is 7.22. The van der Waals surface area contributed by atoms with Crippen LogP contribution in [0.4, 0.5) is 5.69 Å². The molecule has 0 aromatic heterocycles. The zero-order valence-electron chi connectivity index (χ0n) is 15.3. The van der Waals surface area contributed by atoms with Gasteiger partial charge < -0.3 is 15.0 Å². The normalized spacial score (nSPS) is 17.6. The van der Waals surface area contributed by atoms with Crippen LogP contribution in [-0.2, 0) is 9.59 Å². The lowest BCUT2D eigenvalue weighted by molar-refractivity contribution is -0.124. The molecule has 140 valence electrons. The Morgan fingerprint density at radius 1 is 1.11 bits per heavy atom. The average molecular weight is 364 g/mol. The Balaban J connectivity index is 1.31. The number of carbonyl (C=O) groups is 2. The maximum atomic E-state index is 12.4. The monoisotopic (exact) mass is 364 g/mol. The summed E-state index contributed by atoms with van der Waals surface area (Å²) in [7, 11) is 0. The average Bonchev–Trinajstić information content (AvgIpc) is 3.46. The van der Waals surface area contributed by atoms with Crippen molar-refractivity contribution in [3.05, 3.63) is 60.2 Å². The van der Waals surface area contributed by atoms with E-state index in [0.717, 1.165) is 37.1 Å². The Morgan fingerprint density at radius 3 is 2.48 bits per heavy atom. The third-order valence-electron chi connectivity index (χ3n) is 5.16. The Bertz CT molecular complexity index is 800. The van der Waals surface area contributed by atoms with E-state index in [1.807, 2.05) is 42.5 Å². The van der Waals surface area contributed by atoms with Crippen LogP contribution in [0.2, 0.25) is 0 Å². The van der Waals surface area contributed by atoms with Crippen LogP contribution in [0.25, 0.3) is 0 Å². The zero-order valence-corrected chi connectivity index (χ0v) is 15.3. The minimum absolute atomic E-state index is 0.0158. The van der Waals surface area contributed by atoms with E-state index in [4.69, 9.17) is 4.74 Å². The largest absolute Gasteiger partial charge is 0.484 e. The molecule has 0 radical (unpaired) electrons. The molecule has 27 heavy (non-hydrogen) atoms. The van der Waals surface area contributed by atoms with E-state index in [-0.39, 0.29) is 24.5 Å². The molecule has 1 saturated heterocycles. The third-order valence-corrected chi connectivity index (χ3v) is 5.16. The fourth-order valence-electron chi connectivity index (χ4n) is 3.57. The van der Waals surface area contributed by atoms with E-state index in [0.29, 0.717) is 18.1 Å². The number of rotatable bonds is 7. The number of benzene rings is 2. The molecule has 5 heteroatoms. The maximum Gasteiger partial charge on any atom is 0.258 e. The van der Waals surface area contributed by atoms with Gasteiger partial charge in [0.15, 0.2) is 6.61 Å². The van der Waals surface area contributed by atoms with Gasteiger partial charge in [0.05, 0.1) is 6.04 Å². The molecule has 5 nitrogen and oxygen atoms in total. The molecular weight excluding hydrogens is 340 g/mol. The van der Waals surface area contributed by atoms with Gasteiger partial charge in [0.2, 0.25) is 5.91 Å². The summed E-state index contributed by atoms with van der Waals surface area (Å²) in [4.78, 5) is 25.9. The van der Waals surface area contributed by atoms with Crippen molar-refractivity contribution in [2.24, 2.45) is 5.92 Å². The molecule has 1 N–H and O–H groups in total. The zero-order chi connectivity index (χ0) is 18.6. The highest BCUT2D eigenvalue weighted by atomic mass is 16.5. The molecule has 1 heterocycles. The molecule has 1 aliphatic heterocycles. The second kappa shape index (κ2) is 7.82. The molecule has 2 aromatic rings. The molecule has 1 atom stereocenters. The lowest BCUT2D eigenvalue weighted by Crippen LogP contribution is -2.33. The van der Waals surface area contributed by atoms with Crippen molar-refractivity contribution in [2.75, 3.05) is 18.1 Å². The van der Waals surface area contributed by atoms with Gasteiger partial charge in [-0.05, 0) is 55.0 Å². The van der Waals surface area contributed by atoms with Crippen molar-refractivity contribution in [1.29, 1.82) is 0 Å². The molecule has 2 fully saturated rings. The summed E-state index contributed by atoms with van der Waals surface area (Å²) in [5.74, 6) is 1.20. The Hall–Kier alpha value is -2.82. The van der Waals surface area contributed by atoms with E-state index in [2.05, 4.69) is 17.4 Å². The minimum atomic E-state index is -0.116. The molecule has 1 saturated carbocycles. The molecule has 2 aliphatic rings. The fraction of sp³-hybridized carbons (Fsp3) is 0.364. The quantitative estimate of drug-likeness (QED) is 0.818. The highest BCUT2D eigenvalue weighted by Crippen LogP contribution is 2.40. The smallest absolute Gasteiger partial charge is 0.258 e. The summed E-state index contributed by atoms with van der Waals surface area (Å²) in [5, 5.41) is 3.11. The van der Waals surface area contributed by atoms with Crippen molar-refractivity contribution >= 4 is 17.5 Å². The van der Waals surface area contributed by atoms with E-state index in [1.165, 1.54) is 0 Å². The van der Waals surface area contributed by atoms with Gasteiger partial charge in [-0.25, -0.2) is 0 Å². The number of carbonyl (C=O) groups excluding carboxylic acids is 2. The molecular formula is C22H24N2O3. The van der Waals surface area contributed by atoms with Crippen LogP contribution < -0.4 is 15.0 Å². The predicted octanol–water partition coefficient (Wildman–Crippen LogP) is 3.46. The highest BCUT2D eigenvalue weighted by Gasteiger charge is 2.33. The van der Waals surface area contributed by atoms with E-state index in [1.54, 1.807) is 4.90 Å². The molecule has 1 unspecified atom stereocenters. The molecule has 1 aliphatic carbocycles. The van der Waals surface area contributed by atoms with E-state index < -0.39 is 0 Å². The van der Waals surface area contributed by atoms with Gasteiger partial charge in [-0.1, -0.05) is 30.3 Å². The van der Waals surface area contributed by atoms with Crippen LogP contribution in [0, 0.1) is 5.92 Å². The Kier molecular flexibility index (Phi) is 5.10. The first kappa shape index (κ1) is 17.6. The van der Waals surface area contributed by atoms with Crippen LogP contribution in [0.5, 0.6) is 5.75 Å². The summed E-state index contributed by atoms with van der Waals surface area (Å²) < 4.78 is 5.63. The number of ether oxygens (including phenoxy) is 1. The lowest BCUT2D eigenvalue weighted by atomic mass is 10.0. The van der Waals surface area contributed by atoms with Crippen LogP contribution in [-0.4, -0.2) is 25.0 Å². The standard InChI is InChI=1S/C22H24N2O3/c25-20(23-22(17-8-9-17)16-5-2-1-3-6-16)15-27-19-12-10-18(11-13-19)24-14-4-7-21(24)26/h1-3,5-6,10-13,17,22H,4,7-9,14-15H2,(H,23,25). The van der Waals surface area contributed by atoms with E-state index >= 15 is 0 Å². The van der Waals surface area contributed by atoms with Crippen molar-refractivity contribution in [1.82, 2.24) is 5.32 Å². The number of hydrogen-bond acceptors (Lipinski definition) is 3. The van der Waals surface area contributed by atoms with E-state index in [9.17, 15) is 9.59 Å². The first-order valence-electron chi connectivity index (χ1n) is 9.58. The first-order chi connectivity index (χ1) is 13.2. The van der Waals surface area contributed by atoms with Gasteiger partial charge in [0.25, 0.3) is 5.91 Å². The maximum absolute atomic E-state index is 12.4. The van der Waals surface area contributed by atoms with Crippen LogP contribution in [0.3, 0.4) is 0 Å². The number of nitrogens with one attached hydrogen (secondary N) is 1. The fourth-order valence-corrected chi connectivity index (χ4v) is 3.57. The van der Waals surface area contributed by atoms with Crippen molar-refractivity contribution < 1.29 is 14.3 Å². The van der Waals surface area contributed by atoms with Gasteiger partial charge in [-0.3, -0.25) is 9.59 Å². The molecule has 4 rings (SSSR count). The lowest BCUT2D eigenvalue weighted by Gasteiger charge is -2.19. The van der Waals surface area contributed by atoms with Crippen molar-refractivity contribution in [3.63, 3.8) is 0 Å². The second-order valence-corrected chi connectivity index (χ2v) is 7.22. The summed E-state index contributed by atoms with van der Waals surface area (Å²) in [6.07, 6.45) is 3.82. The minimum Gasteiger partial charge on any atom is -0.484 e. The van der Waals surface area contributed by atoms with Crippen LogP contribution >= 0.6 is 0 Å². The first-order valence-corrected chi connectivity index (χ1v) is 9.58. The summed E-state index contributed by atoms with van der Waals surface area (Å²) >= 11 is 0. The third kappa shape index (κ3) is 4.30. The van der Waals surface area contributed by atoms with Gasteiger partial charge in [0.1, 0.15) is 5.75 Å². The summed E-state index contributed by atoms with van der Waals surface area (Å²) in [5.41, 5.74) is 2.03. The molecule has 0 bridgehead atoms. The molecule has 2 aromatic carbocycles. The topological polar surface area (TPSA) is 58.6 Å². The van der Waals surface area contributed by atoms with Gasteiger partial charge in [-0.15, -0.1) is 0 Å².